The van der Waals surface area contributed by atoms with Crippen LogP contribution in [0, 0.1) is 0 Å². The molecule has 1 aromatic rings. The van der Waals surface area contributed by atoms with E-state index in [-0.39, 0.29) is 11.7 Å². The fourth-order valence-electron chi connectivity index (χ4n) is 2.58. The summed E-state index contributed by atoms with van der Waals surface area (Å²) in [7, 11) is 0. The van der Waals surface area contributed by atoms with Gasteiger partial charge in [0, 0.05) is 10.9 Å². The van der Waals surface area contributed by atoms with Crippen LogP contribution in [0.3, 0.4) is 0 Å². The van der Waals surface area contributed by atoms with Crippen LogP contribution in [0.1, 0.15) is 86.1 Å². The Labute approximate surface area is 172 Å². The monoisotopic (exact) mass is 398 g/mol. The Morgan fingerprint density at radius 1 is 1.19 bits per heavy atom. The molecule has 156 valence electrons. The normalized spacial score (nSPS) is 18.8. The minimum Gasteiger partial charge on any atom is -0.374 e. The zero-order valence-corrected chi connectivity index (χ0v) is 19.4. The van der Waals surface area contributed by atoms with Gasteiger partial charge >= 0.3 is 0 Å². The molecule has 1 unspecified atom stereocenters. The van der Waals surface area contributed by atoms with Gasteiger partial charge in [0.1, 0.15) is 5.83 Å². The summed E-state index contributed by atoms with van der Waals surface area (Å²) in [6, 6.07) is 7.56. The van der Waals surface area contributed by atoms with Crippen LogP contribution in [0.2, 0.25) is 5.02 Å². The average Bonchev–Trinajstić information content (AvgIpc) is 2.73. The molecule has 1 nitrogen and oxygen atoms in total. The smallest absolute Gasteiger partial charge is 0.119 e. The second kappa shape index (κ2) is 18.3. The lowest BCUT2D eigenvalue weighted by Gasteiger charge is -2.23. The summed E-state index contributed by atoms with van der Waals surface area (Å²) in [4.78, 5) is 0. The van der Waals surface area contributed by atoms with Crippen molar-refractivity contribution >= 4 is 11.6 Å². The second-order valence-electron chi connectivity index (χ2n) is 5.54. The molecule has 1 heterocycles. The first-order valence-electron chi connectivity index (χ1n) is 10.5. The summed E-state index contributed by atoms with van der Waals surface area (Å²) in [5, 5.41) is 0.675. The van der Waals surface area contributed by atoms with E-state index in [1.165, 1.54) is 0 Å². The topological polar surface area (TPSA) is 9.23 Å². The van der Waals surface area contributed by atoms with Gasteiger partial charge in [0.05, 0.1) is 12.7 Å². The highest BCUT2D eigenvalue weighted by Gasteiger charge is 2.15. The van der Waals surface area contributed by atoms with E-state index in [2.05, 4.69) is 6.92 Å². The van der Waals surface area contributed by atoms with Gasteiger partial charge in [0.15, 0.2) is 0 Å². The van der Waals surface area contributed by atoms with E-state index < -0.39 is 0 Å². The lowest BCUT2D eigenvalue weighted by molar-refractivity contribution is 0.0401. The highest BCUT2D eigenvalue weighted by atomic mass is 35.5. The van der Waals surface area contributed by atoms with Crippen molar-refractivity contribution in [3.8, 4) is 0 Å². The van der Waals surface area contributed by atoms with E-state index in [9.17, 15) is 4.39 Å². The summed E-state index contributed by atoms with van der Waals surface area (Å²) < 4.78 is 19.8. The third kappa shape index (κ3) is 11.3. The van der Waals surface area contributed by atoms with Crippen LogP contribution in [-0.4, -0.2) is 12.7 Å². The standard InChI is InChI=1S/C18H22ClFO.3C2H6/c1-3-16-9-8-14(12-21-16)11-15(20)10-13(2)17-6-4-5-7-18(17)19;3*1-2/h4-7,10-11,13,16H,3,8-9,12H2,1-2H3;3*1-2H3/b14-11-,15-10+;;;/t13?,16-;;;/m0.../s1. The van der Waals surface area contributed by atoms with Crippen molar-refractivity contribution in [2.75, 3.05) is 6.61 Å². The van der Waals surface area contributed by atoms with E-state index in [0.717, 1.165) is 30.4 Å². The Kier molecular flexibility index (Phi) is 19.0. The molecule has 3 heteroatoms. The van der Waals surface area contributed by atoms with Gasteiger partial charge in [0.25, 0.3) is 0 Å². The van der Waals surface area contributed by atoms with Crippen molar-refractivity contribution < 1.29 is 9.13 Å². The number of hydrogen-bond donors (Lipinski definition) is 0. The van der Waals surface area contributed by atoms with Crippen LogP contribution in [0.4, 0.5) is 4.39 Å². The molecule has 0 aromatic heterocycles. The summed E-state index contributed by atoms with van der Waals surface area (Å²) in [5.74, 6) is -0.264. The van der Waals surface area contributed by atoms with Gasteiger partial charge in [-0.2, -0.15) is 0 Å². The third-order valence-corrected chi connectivity index (χ3v) is 4.24. The van der Waals surface area contributed by atoms with Crippen LogP contribution in [0.15, 0.2) is 47.8 Å². The Morgan fingerprint density at radius 2 is 1.78 bits per heavy atom. The van der Waals surface area contributed by atoms with Gasteiger partial charge in [-0.05, 0) is 48.6 Å². The summed E-state index contributed by atoms with van der Waals surface area (Å²) >= 11 is 6.14. The largest absolute Gasteiger partial charge is 0.374 e. The van der Waals surface area contributed by atoms with Gasteiger partial charge in [-0.3, -0.25) is 0 Å². The van der Waals surface area contributed by atoms with E-state index >= 15 is 0 Å². The van der Waals surface area contributed by atoms with E-state index in [4.69, 9.17) is 16.3 Å². The maximum Gasteiger partial charge on any atom is 0.119 e. The Balaban J connectivity index is 0. The van der Waals surface area contributed by atoms with Crippen LogP contribution in [0.5, 0.6) is 0 Å². The van der Waals surface area contributed by atoms with Crippen molar-refractivity contribution in [3.05, 3.63) is 58.4 Å². The first kappa shape index (κ1) is 28.1. The van der Waals surface area contributed by atoms with Gasteiger partial charge in [-0.15, -0.1) is 0 Å². The van der Waals surface area contributed by atoms with E-state index in [1.807, 2.05) is 72.7 Å². The molecule has 0 spiro atoms. The molecule has 1 aliphatic rings. The predicted molar refractivity (Wildman–Crippen MR) is 120 cm³/mol. The highest BCUT2D eigenvalue weighted by molar-refractivity contribution is 6.31. The molecule has 0 radical (unpaired) electrons. The molecular weight excluding hydrogens is 359 g/mol. The number of halogens is 2. The molecule has 1 saturated heterocycles. The summed E-state index contributed by atoms with van der Waals surface area (Å²) in [6.45, 7) is 16.6. The second-order valence-corrected chi connectivity index (χ2v) is 5.95. The van der Waals surface area contributed by atoms with Crippen molar-refractivity contribution in [1.82, 2.24) is 0 Å². The molecule has 0 saturated carbocycles. The van der Waals surface area contributed by atoms with Gasteiger partial charge in [-0.1, -0.05) is 85.2 Å². The molecule has 0 bridgehead atoms. The SMILES string of the molecule is CC.CC.CC.CC[C@H]1CC/C(=C/C(F)=C\C(C)c2ccccc2Cl)CO1. The minimum absolute atomic E-state index is 0.0524. The molecule has 1 aromatic carbocycles. The number of rotatable bonds is 4. The Hall–Kier alpha value is -1.12. The summed E-state index contributed by atoms with van der Waals surface area (Å²) in [5.41, 5.74) is 1.97. The molecule has 1 fully saturated rings. The van der Waals surface area contributed by atoms with Crippen LogP contribution in [0.25, 0.3) is 0 Å². The molecule has 0 N–H and O–H groups in total. The van der Waals surface area contributed by atoms with Gasteiger partial charge in [0.2, 0.25) is 0 Å². The zero-order chi connectivity index (χ0) is 21.2. The highest BCUT2D eigenvalue weighted by Crippen LogP contribution is 2.27. The molecule has 2 rings (SSSR count). The molecule has 2 atom stereocenters. The lowest BCUT2D eigenvalue weighted by Crippen LogP contribution is -2.19. The maximum absolute atomic E-state index is 14.1. The molecule has 0 amide bonds. The third-order valence-electron chi connectivity index (χ3n) is 3.89. The van der Waals surface area contributed by atoms with Crippen LogP contribution in [-0.2, 0) is 4.74 Å². The molecular formula is C24H40ClFO. The van der Waals surface area contributed by atoms with Crippen LogP contribution < -0.4 is 0 Å². The van der Waals surface area contributed by atoms with E-state index in [0.29, 0.717) is 17.7 Å². The maximum atomic E-state index is 14.1. The van der Waals surface area contributed by atoms with Crippen molar-refractivity contribution in [2.24, 2.45) is 0 Å². The molecule has 27 heavy (non-hydrogen) atoms. The van der Waals surface area contributed by atoms with Crippen LogP contribution >= 0.6 is 11.6 Å². The number of allylic oxidation sites excluding steroid dienone is 3. The fraction of sp³-hybridized carbons (Fsp3) is 0.583. The predicted octanol–water partition coefficient (Wildman–Crippen LogP) is 8.89. The fourth-order valence-corrected chi connectivity index (χ4v) is 2.89. The first-order valence-corrected chi connectivity index (χ1v) is 10.9. The Bertz CT molecular complexity index is 527. The van der Waals surface area contributed by atoms with Gasteiger partial charge in [-0.25, -0.2) is 4.39 Å². The van der Waals surface area contributed by atoms with Gasteiger partial charge < -0.3 is 4.74 Å². The first-order chi connectivity index (χ1) is 13.1. The van der Waals surface area contributed by atoms with Crippen molar-refractivity contribution in [3.63, 3.8) is 0 Å². The Morgan fingerprint density at radius 3 is 2.26 bits per heavy atom. The average molecular weight is 399 g/mol. The zero-order valence-electron chi connectivity index (χ0n) is 18.6. The van der Waals surface area contributed by atoms with Crippen molar-refractivity contribution in [1.29, 1.82) is 0 Å². The summed E-state index contributed by atoms with van der Waals surface area (Å²) in [6.07, 6.45) is 6.47. The van der Waals surface area contributed by atoms with Crippen molar-refractivity contribution in [2.45, 2.75) is 86.7 Å². The minimum atomic E-state index is -0.212. The molecule has 0 aliphatic carbocycles. The number of ether oxygens (including phenoxy) is 1. The quantitative estimate of drug-likeness (QED) is 0.491. The van der Waals surface area contributed by atoms with E-state index in [1.54, 1.807) is 12.2 Å². The number of benzene rings is 1. The number of hydrogen-bond acceptors (Lipinski definition) is 1. The molecule has 1 aliphatic heterocycles. The lowest BCUT2D eigenvalue weighted by atomic mass is 9.99.